The first-order chi connectivity index (χ1) is 19.0. The number of hydrogen-bond acceptors (Lipinski definition) is 10. The van der Waals surface area contributed by atoms with Gasteiger partial charge in [-0.3, -0.25) is 0 Å². The molecule has 0 unspecified atom stereocenters. The lowest BCUT2D eigenvalue weighted by Gasteiger charge is -2.14. The molecule has 0 atom stereocenters. The van der Waals surface area contributed by atoms with Crippen molar-refractivity contribution in [3.63, 3.8) is 0 Å². The Labute approximate surface area is 237 Å². The van der Waals surface area contributed by atoms with Gasteiger partial charge in [-0.2, -0.15) is 18.2 Å². The molecule has 41 heavy (non-hydrogen) atoms. The van der Waals surface area contributed by atoms with E-state index in [0.29, 0.717) is 11.1 Å². The van der Waals surface area contributed by atoms with Crippen molar-refractivity contribution < 1.29 is 34.7 Å². The Kier molecular flexibility index (Phi) is 8.31. The Balaban J connectivity index is 1.72. The van der Waals surface area contributed by atoms with Crippen LogP contribution in [-0.2, 0) is 26.4 Å². The first-order valence-corrected chi connectivity index (χ1v) is 15.3. The Morgan fingerprint density at radius 3 is 2.29 bits per heavy atom. The minimum atomic E-state index is -4.56. The molecule has 0 radical (unpaired) electrons. The fourth-order valence-corrected chi connectivity index (χ4v) is 5.73. The molecule has 2 aromatic carbocycles. The van der Waals surface area contributed by atoms with Crippen LogP contribution in [0, 0.1) is 0 Å². The molecule has 218 valence electrons. The number of methoxy groups -OCH3 is 1. The Morgan fingerprint density at radius 1 is 0.951 bits per heavy atom. The molecule has 0 amide bonds. The van der Waals surface area contributed by atoms with E-state index in [1.807, 2.05) is 0 Å². The number of sulfone groups is 1. The number of nitrogens with one attached hydrogen (secondary N) is 2. The largest absolute Gasteiger partial charge is 0.495 e. The number of anilines is 2. The molecule has 0 aliphatic carbocycles. The van der Waals surface area contributed by atoms with Gasteiger partial charge in [0.1, 0.15) is 27.6 Å². The zero-order valence-corrected chi connectivity index (χ0v) is 23.7. The summed E-state index contributed by atoms with van der Waals surface area (Å²) in [5.41, 5.74) is 1.35. The van der Waals surface area contributed by atoms with E-state index in [1.54, 1.807) is 6.07 Å². The minimum Gasteiger partial charge on any atom is -0.495 e. The van der Waals surface area contributed by atoms with Crippen molar-refractivity contribution in [3.8, 4) is 17.0 Å². The van der Waals surface area contributed by atoms with Crippen molar-refractivity contribution in [1.82, 2.24) is 15.0 Å². The number of primary sulfonamides is 1. The molecule has 17 heteroatoms. The summed E-state index contributed by atoms with van der Waals surface area (Å²) in [5.74, 6) is -0.146. The number of nitrogens with zero attached hydrogens (tertiary/aromatic N) is 3. The third kappa shape index (κ3) is 7.32. The van der Waals surface area contributed by atoms with Gasteiger partial charge in [0.05, 0.1) is 23.3 Å². The number of alkyl halides is 3. The van der Waals surface area contributed by atoms with Gasteiger partial charge < -0.3 is 15.4 Å². The molecule has 4 aromatic rings. The van der Waals surface area contributed by atoms with Gasteiger partial charge in [0.15, 0.2) is 15.7 Å². The molecular formula is C24H22ClF3N6O5S2. The summed E-state index contributed by atoms with van der Waals surface area (Å²) in [6.07, 6.45) is -3.54. The molecule has 11 nitrogen and oxygen atoms in total. The van der Waals surface area contributed by atoms with Crippen LogP contribution in [0.15, 0.2) is 58.3 Å². The second-order valence-corrected chi connectivity index (χ2v) is 12.7. The van der Waals surface area contributed by atoms with Crippen LogP contribution in [0.2, 0.25) is 5.02 Å². The van der Waals surface area contributed by atoms with E-state index in [0.717, 1.165) is 6.26 Å². The van der Waals surface area contributed by atoms with Gasteiger partial charge in [0, 0.05) is 18.4 Å². The van der Waals surface area contributed by atoms with Crippen molar-refractivity contribution >= 4 is 54.3 Å². The lowest BCUT2D eigenvalue weighted by molar-refractivity contribution is -0.115. The van der Waals surface area contributed by atoms with Crippen molar-refractivity contribution in [2.75, 3.05) is 30.5 Å². The van der Waals surface area contributed by atoms with Crippen LogP contribution in [0.4, 0.5) is 24.9 Å². The van der Waals surface area contributed by atoms with Gasteiger partial charge in [-0.05, 0) is 48.0 Å². The molecule has 2 heterocycles. The monoisotopic (exact) mass is 630 g/mol. The molecule has 0 aliphatic heterocycles. The highest BCUT2D eigenvalue weighted by Gasteiger charge is 2.28. The predicted octanol–water partition coefficient (Wildman–Crippen LogP) is 3.99. The van der Waals surface area contributed by atoms with Crippen LogP contribution < -0.4 is 20.5 Å². The van der Waals surface area contributed by atoms with Crippen LogP contribution in [0.5, 0.6) is 5.75 Å². The standard InChI is InChI=1S/C24H22ClF3N6O5S2/c1-39-18-7-4-14(10-20(18)40(2,35)36)16-5-6-17-21(32-16)22(31-12-24(26,27)28)34-23(33-17)30-11-13-3-8-19(15(25)9-13)41(29,37)38/h3-10H,11-12H2,1-2H3,(H2,29,37,38)(H2,30,31,33,34). The first-order valence-electron chi connectivity index (χ1n) is 11.5. The highest BCUT2D eigenvalue weighted by molar-refractivity contribution is 7.90. The summed E-state index contributed by atoms with van der Waals surface area (Å²) in [5, 5.41) is 10.1. The lowest BCUT2D eigenvalue weighted by Crippen LogP contribution is -2.22. The summed E-state index contributed by atoms with van der Waals surface area (Å²) < 4.78 is 91.9. The summed E-state index contributed by atoms with van der Waals surface area (Å²) in [6.45, 7) is -1.36. The Bertz CT molecular complexity index is 1860. The minimum absolute atomic E-state index is 0.00886. The molecular weight excluding hydrogens is 609 g/mol. The number of ether oxygens (including phenoxy) is 1. The van der Waals surface area contributed by atoms with Gasteiger partial charge in [0.2, 0.25) is 16.0 Å². The van der Waals surface area contributed by atoms with Crippen LogP contribution >= 0.6 is 11.6 Å². The Morgan fingerprint density at radius 2 is 1.68 bits per heavy atom. The number of fused-ring (bicyclic) bond motifs is 1. The van der Waals surface area contributed by atoms with E-state index < -0.39 is 32.6 Å². The number of halogens is 4. The van der Waals surface area contributed by atoms with Gasteiger partial charge in [0.25, 0.3) is 0 Å². The molecule has 2 aromatic heterocycles. The van der Waals surface area contributed by atoms with Gasteiger partial charge in [-0.25, -0.2) is 31.9 Å². The van der Waals surface area contributed by atoms with Crippen LogP contribution in [0.1, 0.15) is 5.56 Å². The van der Waals surface area contributed by atoms with Crippen molar-refractivity contribution in [1.29, 1.82) is 0 Å². The number of pyridine rings is 1. The number of sulfonamides is 1. The highest BCUT2D eigenvalue weighted by Crippen LogP contribution is 2.31. The number of aromatic nitrogens is 3. The maximum atomic E-state index is 13.1. The highest BCUT2D eigenvalue weighted by atomic mass is 35.5. The van der Waals surface area contributed by atoms with E-state index in [4.69, 9.17) is 21.5 Å². The Hall–Kier alpha value is -3.73. The molecule has 0 saturated heterocycles. The molecule has 0 aliphatic rings. The average Bonchev–Trinajstić information content (AvgIpc) is 2.88. The summed E-state index contributed by atoms with van der Waals surface area (Å²) in [4.78, 5) is 12.6. The predicted molar refractivity (Wildman–Crippen MR) is 147 cm³/mol. The molecule has 4 N–H and O–H groups in total. The van der Waals surface area contributed by atoms with E-state index in [9.17, 15) is 30.0 Å². The summed E-state index contributed by atoms with van der Waals surface area (Å²) >= 11 is 6.02. The van der Waals surface area contributed by atoms with E-state index in [1.165, 1.54) is 49.6 Å². The van der Waals surface area contributed by atoms with Gasteiger partial charge in [-0.15, -0.1) is 0 Å². The van der Waals surface area contributed by atoms with E-state index in [-0.39, 0.29) is 55.6 Å². The van der Waals surface area contributed by atoms with Crippen LogP contribution in [-0.4, -0.2) is 57.9 Å². The quantitative estimate of drug-likeness (QED) is 0.246. The molecule has 0 saturated carbocycles. The number of nitrogens with two attached hydrogens (primary N) is 1. The average molecular weight is 631 g/mol. The van der Waals surface area contributed by atoms with E-state index in [2.05, 4.69) is 25.6 Å². The number of benzene rings is 2. The second kappa shape index (κ2) is 11.3. The van der Waals surface area contributed by atoms with Crippen molar-refractivity contribution in [3.05, 3.63) is 59.1 Å². The molecule has 0 fully saturated rings. The smallest absolute Gasteiger partial charge is 0.405 e. The fourth-order valence-electron chi connectivity index (χ4n) is 3.75. The third-order valence-electron chi connectivity index (χ3n) is 5.61. The first kappa shape index (κ1) is 30.2. The zero-order chi connectivity index (χ0) is 30.2. The van der Waals surface area contributed by atoms with Gasteiger partial charge >= 0.3 is 6.18 Å². The van der Waals surface area contributed by atoms with Crippen molar-refractivity contribution in [2.24, 2.45) is 5.14 Å². The fraction of sp³-hybridized carbons (Fsp3) is 0.208. The van der Waals surface area contributed by atoms with E-state index >= 15 is 0 Å². The second-order valence-electron chi connectivity index (χ2n) is 8.73. The topological polar surface area (TPSA) is 166 Å². The summed E-state index contributed by atoms with van der Waals surface area (Å²) in [7, 11) is -6.36. The number of hydrogen-bond donors (Lipinski definition) is 3. The maximum Gasteiger partial charge on any atom is 0.405 e. The lowest BCUT2D eigenvalue weighted by atomic mass is 10.1. The third-order valence-corrected chi connectivity index (χ3v) is 8.12. The van der Waals surface area contributed by atoms with Crippen LogP contribution in [0.3, 0.4) is 0 Å². The number of rotatable bonds is 9. The normalized spacial score (nSPS) is 12.4. The molecule has 0 bridgehead atoms. The van der Waals surface area contributed by atoms with Gasteiger partial charge in [-0.1, -0.05) is 17.7 Å². The summed E-state index contributed by atoms with van der Waals surface area (Å²) in [6, 6.07) is 11.5. The van der Waals surface area contributed by atoms with Crippen molar-refractivity contribution in [2.45, 2.75) is 22.5 Å². The molecule has 4 rings (SSSR count). The molecule has 0 spiro atoms. The SMILES string of the molecule is COc1ccc(-c2ccc3nc(NCc4ccc(S(N)(=O)=O)c(Cl)c4)nc(NCC(F)(F)F)c3n2)cc1S(C)(=O)=O. The zero-order valence-electron chi connectivity index (χ0n) is 21.3. The maximum absolute atomic E-state index is 13.1. The van der Waals surface area contributed by atoms with Crippen LogP contribution in [0.25, 0.3) is 22.3 Å².